The molecule has 0 radical (unpaired) electrons. The third-order valence-electron chi connectivity index (χ3n) is 4.87. The lowest BCUT2D eigenvalue weighted by atomic mass is 10.0. The number of carbonyl (C=O) groups is 1. The summed E-state index contributed by atoms with van der Waals surface area (Å²) in [5.74, 6) is -0.239. The summed E-state index contributed by atoms with van der Waals surface area (Å²) >= 11 is 0. The number of rotatable bonds is 2. The van der Waals surface area contributed by atoms with Crippen LogP contribution in [0.25, 0.3) is 0 Å². The Morgan fingerprint density at radius 1 is 1.37 bits per heavy atom. The molecule has 2 atom stereocenters. The molecule has 3 heterocycles. The molecule has 1 saturated heterocycles. The minimum atomic E-state index is -3.80. The summed E-state index contributed by atoms with van der Waals surface area (Å²) in [7, 11) is -3.80. The number of nitrogens with zero attached hydrogens (tertiary/aromatic N) is 2. The number of sulfonamides is 1. The molecule has 142 valence electrons. The van der Waals surface area contributed by atoms with E-state index in [1.54, 1.807) is 17.0 Å². The minimum absolute atomic E-state index is 0.00189. The first kappa shape index (κ1) is 18.0. The van der Waals surface area contributed by atoms with Crippen molar-refractivity contribution in [3.8, 4) is 5.75 Å². The third-order valence-corrected chi connectivity index (χ3v) is 6.45. The van der Waals surface area contributed by atoms with Crippen molar-refractivity contribution >= 4 is 16.3 Å². The lowest BCUT2D eigenvalue weighted by Crippen LogP contribution is -2.55. The lowest BCUT2D eigenvalue weighted by molar-refractivity contribution is -0.129. The number of benzene rings is 1. The summed E-state index contributed by atoms with van der Waals surface area (Å²) in [6.45, 7) is 0.762. The second kappa shape index (κ2) is 6.66. The average Bonchev–Trinajstić information content (AvgIpc) is 3.01. The van der Waals surface area contributed by atoms with E-state index >= 15 is 0 Å². The van der Waals surface area contributed by atoms with Crippen molar-refractivity contribution in [1.82, 2.24) is 14.6 Å². The molecular formula is C18H18FN3O4S. The highest BCUT2D eigenvalue weighted by Gasteiger charge is 2.49. The van der Waals surface area contributed by atoms with Crippen LogP contribution in [0.1, 0.15) is 12.0 Å². The van der Waals surface area contributed by atoms with Crippen molar-refractivity contribution in [2.45, 2.75) is 23.3 Å². The quantitative estimate of drug-likeness (QED) is 0.779. The van der Waals surface area contributed by atoms with Gasteiger partial charge in [0.25, 0.3) is 0 Å². The van der Waals surface area contributed by atoms with E-state index in [2.05, 4.69) is 9.71 Å². The van der Waals surface area contributed by atoms with Crippen LogP contribution >= 0.6 is 0 Å². The molecule has 0 saturated carbocycles. The zero-order chi connectivity index (χ0) is 19.1. The molecule has 1 fully saturated rings. The summed E-state index contributed by atoms with van der Waals surface area (Å²) < 4.78 is 46.8. The molecule has 2 aromatic rings. The van der Waals surface area contributed by atoms with Gasteiger partial charge in [0, 0.05) is 25.4 Å². The zero-order valence-electron chi connectivity index (χ0n) is 14.4. The molecule has 0 bridgehead atoms. The fourth-order valence-corrected chi connectivity index (χ4v) is 4.95. The minimum Gasteiger partial charge on any atom is -0.593 e. The van der Waals surface area contributed by atoms with Gasteiger partial charge in [0.1, 0.15) is 18.0 Å². The molecule has 2 aliphatic rings. The summed E-state index contributed by atoms with van der Waals surface area (Å²) in [5.41, 5.74) is -0.172. The molecule has 27 heavy (non-hydrogen) atoms. The standard InChI is InChI=1S/C18H18FN3O4S/c19-14-3-1-13(2-4-14)9-17(23)22-8-6-18(11-22)12-26-15-5-7-20-10-16(15)27(24,25)21-18/h1-5,7,10H,6,8-9,11-12H2,(H-,21,24,25). The number of hydrogen-bond acceptors (Lipinski definition) is 5. The maximum Gasteiger partial charge on any atom is 0.235 e. The van der Waals surface area contributed by atoms with Gasteiger partial charge in [-0.1, -0.05) is 16.3 Å². The van der Waals surface area contributed by atoms with Crippen molar-refractivity contribution in [2.75, 3.05) is 19.7 Å². The van der Waals surface area contributed by atoms with E-state index in [1.165, 1.54) is 30.6 Å². The first-order valence-electron chi connectivity index (χ1n) is 8.50. The molecule has 1 N–H and O–H groups in total. The van der Waals surface area contributed by atoms with Crippen molar-refractivity contribution in [3.05, 3.63) is 54.1 Å². The lowest BCUT2D eigenvalue weighted by Gasteiger charge is -2.28. The van der Waals surface area contributed by atoms with Crippen molar-refractivity contribution in [2.24, 2.45) is 0 Å². The molecule has 1 aromatic heterocycles. The van der Waals surface area contributed by atoms with Gasteiger partial charge in [-0.25, -0.2) is 4.39 Å². The van der Waals surface area contributed by atoms with Crippen molar-refractivity contribution in [3.63, 3.8) is 0 Å². The fourth-order valence-electron chi connectivity index (χ4n) is 3.45. The Morgan fingerprint density at radius 2 is 2.15 bits per heavy atom. The Bertz CT molecular complexity index is 923. The summed E-state index contributed by atoms with van der Waals surface area (Å²) in [4.78, 5) is 18.1. The van der Waals surface area contributed by atoms with Crippen LogP contribution in [0.15, 0.2) is 47.6 Å². The van der Waals surface area contributed by atoms with Crippen LogP contribution in [-0.4, -0.2) is 45.6 Å². The number of likely N-dealkylation sites (tertiary alicyclic amines) is 1. The Kier molecular flexibility index (Phi) is 4.45. The van der Waals surface area contributed by atoms with Gasteiger partial charge >= 0.3 is 0 Å². The number of aromatic nitrogens is 1. The molecule has 0 aliphatic carbocycles. The van der Waals surface area contributed by atoms with E-state index in [0.29, 0.717) is 18.5 Å². The molecule has 1 spiro atoms. The first-order valence-corrected chi connectivity index (χ1v) is 9.98. The van der Waals surface area contributed by atoms with Crippen LogP contribution in [0.4, 0.5) is 4.39 Å². The Morgan fingerprint density at radius 3 is 2.93 bits per heavy atom. The fraction of sp³-hybridized carbons (Fsp3) is 0.333. The van der Waals surface area contributed by atoms with Gasteiger partial charge in [0.15, 0.2) is 16.1 Å². The smallest absolute Gasteiger partial charge is 0.235 e. The second-order valence-electron chi connectivity index (χ2n) is 6.87. The highest BCUT2D eigenvalue weighted by molar-refractivity contribution is 7.96. The molecule has 4 rings (SSSR count). The normalized spacial score (nSPS) is 27.1. The number of carbonyl (C=O) groups excluding carboxylic acids is 1. The number of halogens is 1. The molecule has 9 heteroatoms. The van der Waals surface area contributed by atoms with Crippen LogP contribution < -0.4 is 9.46 Å². The average molecular weight is 391 g/mol. The van der Waals surface area contributed by atoms with Gasteiger partial charge in [-0.15, -0.1) is 4.72 Å². The van der Waals surface area contributed by atoms with E-state index in [-0.39, 0.29) is 41.9 Å². The highest BCUT2D eigenvalue weighted by Crippen LogP contribution is 2.34. The van der Waals surface area contributed by atoms with Crippen molar-refractivity contribution < 1.29 is 22.7 Å². The van der Waals surface area contributed by atoms with Gasteiger partial charge in [-0.2, -0.15) is 0 Å². The molecule has 2 aliphatic heterocycles. The topological polar surface area (TPSA) is 94.6 Å². The maximum absolute atomic E-state index is 13.0. The van der Waals surface area contributed by atoms with Crippen LogP contribution in [-0.2, 0) is 25.8 Å². The Hall–Kier alpha value is -2.36. The SMILES string of the molecule is O=C(Cc1ccc(F)cc1)N1CCC2(COc3ccncc3[S+](=O)([O-])N2)C1. The predicted molar refractivity (Wildman–Crippen MR) is 94.0 cm³/mol. The molecule has 1 aromatic carbocycles. The molecule has 2 unspecified atom stereocenters. The van der Waals surface area contributed by atoms with Crippen LogP contribution in [0.3, 0.4) is 0 Å². The van der Waals surface area contributed by atoms with Crippen LogP contribution in [0, 0.1) is 5.82 Å². The van der Waals surface area contributed by atoms with E-state index < -0.39 is 15.9 Å². The summed E-state index contributed by atoms with van der Waals surface area (Å²) in [6, 6.07) is 7.28. The predicted octanol–water partition coefficient (Wildman–Crippen LogP) is 1.32. The summed E-state index contributed by atoms with van der Waals surface area (Å²) in [5, 5.41) is 0. The summed E-state index contributed by atoms with van der Waals surface area (Å²) in [6.07, 6.45) is 3.31. The zero-order valence-corrected chi connectivity index (χ0v) is 15.2. The number of hydrogen-bond donors (Lipinski definition) is 1. The first-order chi connectivity index (χ1) is 12.9. The van der Waals surface area contributed by atoms with Gasteiger partial charge in [-0.3, -0.25) is 9.78 Å². The van der Waals surface area contributed by atoms with Gasteiger partial charge in [-0.05, 0) is 24.1 Å². The molecule has 1 amide bonds. The number of pyridine rings is 1. The second-order valence-corrected chi connectivity index (χ2v) is 8.52. The molecule has 7 nitrogen and oxygen atoms in total. The molecular weight excluding hydrogens is 373 g/mol. The van der Waals surface area contributed by atoms with E-state index in [4.69, 9.17) is 4.74 Å². The highest BCUT2D eigenvalue weighted by atomic mass is 32.3. The van der Waals surface area contributed by atoms with Gasteiger partial charge in [0.2, 0.25) is 10.8 Å². The number of fused-ring (bicyclic) bond motifs is 1. The Balaban J connectivity index is 1.49. The largest absolute Gasteiger partial charge is 0.593 e. The van der Waals surface area contributed by atoms with E-state index in [9.17, 15) is 17.9 Å². The number of amides is 1. The van der Waals surface area contributed by atoms with Gasteiger partial charge < -0.3 is 14.2 Å². The van der Waals surface area contributed by atoms with Crippen molar-refractivity contribution in [1.29, 1.82) is 0 Å². The number of nitrogens with one attached hydrogen (secondary N) is 1. The third kappa shape index (κ3) is 3.58. The maximum atomic E-state index is 13.0. The van der Waals surface area contributed by atoms with Gasteiger partial charge in [0.05, 0.1) is 12.6 Å². The van der Waals surface area contributed by atoms with E-state index in [0.717, 1.165) is 0 Å². The van der Waals surface area contributed by atoms with E-state index in [1.807, 2.05) is 0 Å². The van der Waals surface area contributed by atoms with Crippen LogP contribution in [0.2, 0.25) is 0 Å². The Labute approximate surface area is 156 Å². The van der Waals surface area contributed by atoms with Crippen LogP contribution in [0.5, 0.6) is 5.75 Å². The monoisotopic (exact) mass is 391 g/mol. The number of ether oxygens (including phenoxy) is 1.